The predicted molar refractivity (Wildman–Crippen MR) is 81.5 cm³/mol. The molecule has 1 heterocycles. The lowest BCUT2D eigenvalue weighted by molar-refractivity contribution is 0.0671. The van der Waals surface area contributed by atoms with Gasteiger partial charge >= 0.3 is 0 Å². The van der Waals surface area contributed by atoms with Gasteiger partial charge in [-0.25, -0.2) is 0 Å². The zero-order chi connectivity index (χ0) is 15.4. The summed E-state index contributed by atoms with van der Waals surface area (Å²) < 4.78 is 0. The molecule has 5 heteroatoms. The molecule has 0 aromatic heterocycles. The number of aromatic hydroxyl groups is 2. The summed E-state index contributed by atoms with van der Waals surface area (Å²) in [6.07, 6.45) is 2.11. The third-order valence-electron chi connectivity index (χ3n) is 3.77. The van der Waals surface area contributed by atoms with Crippen LogP contribution in [0, 0.1) is 5.92 Å². The third-order valence-corrected chi connectivity index (χ3v) is 3.77. The number of carbonyl (C=O) groups is 1. The summed E-state index contributed by atoms with van der Waals surface area (Å²) in [7, 11) is 0. The minimum absolute atomic E-state index is 0.0895. The van der Waals surface area contributed by atoms with Gasteiger partial charge in [0, 0.05) is 30.8 Å². The van der Waals surface area contributed by atoms with Crippen LogP contribution in [0.15, 0.2) is 18.2 Å². The standard InChI is InChI=1S/C16H24N2O3/c1-11(2)17-9-12-4-3-5-18(10-12)16(21)13-6-14(19)8-15(20)7-13/h6-8,11-12,17,19-20H,3-5,9-10H2,1-2H3. The van der Waals surface area contributed by atoms with Crippen molar-refractivity contribution in [3.05, 3.63) is 23.8 Å². The Hall–Kier alpha value is -1.75. The van der Waals surface area contributed by atoms with Crippen LogP contribution < -0.4 is 5.32 Å². The molecule has 1 aliphatic heterocycles. The molecule has 21 heavy (non-hydrogen) atoms. The number of amides is 1. The molecule has 0 spiro atoms. The second-order valence-electron chi connectivity index (χ2n) is 6.06. The summed E-state index contributed by atoms with van der Waals surface area (Å²) in [4.78, 5) is 14.3. The van der Waals surface area contributed by atoms with Gasteiger partial charge in [-0.2, -0.15) is 0 Å². The number of benzene rings is 1. The Kier molecular flexibility index (Phi) is 5.07. The van der Waals surface area contributed by atoms with Gasteiger partial charge in [-0.05, 0) is 37.4 Å². The largest absolute Gasteiger partial charge is 0.508 e. The highest BCUT2D eigenvalue weighted by Gasteiger charge is 2.25. The number of piperidine rings is 1. The molecule has 1 unspecified atom stereocenters. The van der Waals surface area contributed by atoms with Gasteiger partial charge in [-0.15, -0.1) is 0 Å². The van der Waals surface area contributed by atoms with Crippen LogP contribution in [0.25, 0.3) is 0 Å². The second-order valence-corrected chi connectivity index (χ2v) is 6.06. The Labute approximate surface area is 125 Å². The molecule has 1 aromatic carbocycles. The molecular weight excluding hydrogens is 268 g/mol. The summed E-state index contributed by atoms with van der Waals surface area (Å²) in [5.74, 6) is 0.147. The van der Waals surface area contributed by atoms with Crippen LogP contribution in [-0.4, -0.2) is 46.7 Å². The normalized spacial score (nSPS) is 19.0. The van der Waals surface area contributed by atoms with Gasteiger partial charge in [0.25, 0.3) is 5.91 Å². The van der Waals surface area contributed by atoms with Crippen molar-refractivity contribution in [2.24, 2.45) is 5.92 Å². The summed E-state index contributed by atoms with van der Waals surface area (Å²) in [5.41, 5.74) is 0.338. The molecule has 0 radical (unpaired) electrons. The van der Waals surface area contributed by atoms with Gasteiger partial charge in [-0.1, -0.05) is 13.8 Å². The fourth-order valence-corrected chi connectivity index (χ4v) is 2.72. The Morgan fingerprint density at radius 1 is 1.33 bits per heavy atom. The van der Waals surface area contributed by atoms with Crippen molar-refractivity contribution in [1.29, 1.82) is 0 Å². The first-order valence-electron chi connectivity index (χ1n) is 7.51. The van der Waals surface area contributed by atoms with Crippen molar-refractivity contribution in [1.82, 2.24) is 10.2 Å². The number of phenols is 2. The van der Waals surface area contributed by atoms with E-state index in [0.29, 0.717) is 17.5 Å². The lowest BCUT2D eigenvalue weighted by Crippen LogP contribution is -2.43. The van der Waals surface area contributed by atoms with Gasteiger partial charge in [0.05, 0.1) is 0 Å². The molecule has 1 aromatic rings. The van der Waals surface area contributed by atoms with Gasteiger partial charge in [-0.3, -0.25) is 4.79 Å². The topological polar surface area (TPSA) is 72.8 Å². The molecule has 0 aliphatic carbocycles. The summed E-state index contributed by atoms with van der Waals surface area (Å²) >= 11 is 0. The zero-order valence-electron chi connectivity index (χ0n) is 12.7. The van der Waals surface area contributed by atoms with Crippen LogP contribution in [0.4, 0.5) is 0 Å². The van der Waals surface area contributed by atoms with Crippen LogP contribution in [0.1, 0.15) is 37.0 Å². The predicted octanol–water partition coefficient (Wildman–Crippen LogP) is 1.95. The van der Waals surface area contributed by atoms with E-state index in [1.165, 1.54) is 18.2 Å². The first-order valence-corrected chi connectivity index (χ1v) is 7.51. The van der Waals surface area contributed by atoms with Crippen LogP contribution in [0.5, 0.6) is 11.5 Å². The first kappa shape index (κ1) is 15.6. The lowest BCUT2D eigenvalue weighted by atomic mass is 9.97. The fourth-order valence-electron chi connectivity index (χ4n) is 2.72. The van der Waals surface area contributed by atoms with E-state index in [1.807, 2.05) is 4.90 Å². The molecule has 1 aliphatic rings. The van der Waals surface area contributed by atoms with Crippen LogP contribution >= 0.6 is 0 Å². The first-order chi connectivity index (χ1) is 9.95. The maximum atomic E-state index is 12.5. The van der Waals surface area contributed by atoms with Crippen LogP contribution in [-0.2, 0) is 0 Å². The minimum atomic E-state index is -0.129. The molecule has 116 valence electrons. The maximum absolute atomic E-state index is 12.5. The SMILES string of the molecule is CC(C)NCC1CCCN(C(=O)c2cc(O)cc(O)c2)C1. The van der Waals surface area contributed by atoms with Crippen LogP contribution in [0.3, 0.4) is 0 Å². The molecule has 1 fully saturated rings. The van der Waals surface area contributed by atoms with Crippen molar-refractivity contribution < 1.29 is 15.0 Å². The van der Waals surface area contributed by atoms with E-state index in [-0.39, 0.29) is 17.4 Å². The molecule has 5 nitrogen and oxygen atoms in total. The lowest BCUT2D eigenvalue weighted by Gasteiger charge is -2.33. The third kappa shape index (κ3) is 4.36. The molecule has 0 bridgehead atoms. The van der Waals surface area contributed by atoms with Crippen LogP contribution in [0.2, 0.25) is 0 Å². The van der Waals surface area contributed by atoms with E-state index in [4.69, 9.17) is 0 Å². The minimum Gasteiger partial charge on any atom is -0.508 e. The molecule has 1 saturated heterocycles. The van der Waals surface area contributed by atoms with Gasteiger partial charge in [0.1, 0.15) is 11.5 Å². The number of phenolic OH excluding ortho intramolecular Hbond substituents is 2. The summed E-state index contributed by atoms with van der Waals surface area (Å²) in [6.45, 7) is 6.58. The zero-order valence-corrected chi connectivity index (χ0v) is 12.7. The van der Waals surface area contributed by atoms with E-state index in [1.54, 1.807) is 0 Å². The Morgan fingerprint density at radius 3 is 2.62 bits per heavy atom. The van der Waals surface area contributed by atoms with E-state index in [0.717, 1.165) is 32.5 Å². The Morgan fingerprint density at radius 2 is 2.00 bits per heavy atom. The van der Waals surface area contributed by atoms with Crippen molar-refractivity contribution >= 4 is 5.91 Å². The number of hydrogen-bond acceptors (Lipinski definition) is 4. The average molecular weight is 292 g/mol. The van der Waals surface area contributed by atoms with E-state index in [2.05, 4.69) is 19.2 Å². The van der Waals surface area contributed by atoms with Gasteiger partial charge in [0.15, 0.2) is 0 Å². The number of nitrogens with zero attached hydrogens (tertiary/aromatic N) is 1. The highest BCUT2D eigenvalue weighted by atomic mass is 16.3. The highest BCUT2D eigenvalue weighted by Crippen LogP contribution is 2.24. The molecule has 0 saturated carbocycles. The second kappa shape index (κ2) is 6.80. The highest BCUT2D eigenvalue weighted by molar-refractivity contribution is 5.95. The molecular formula is C16H24N2O3. The maximum Gasteiger partial charge on any atom is 0.254 e. The van der Waals surface area contributed by atoms with Crippen molar-refractivity contribution in [2.75, 3.05) is 19.6 Å². The number of hydrogen-bond donors (Lipinski definition) is 3. The smallest absolute Gasteiger partial charge is 0.254 e. The average Bonchev–Trinajstić information content (AvgIpc) is 2.43. The van der Waals surface area contributed by atoms with E-state index < -0.39 is 0 Å². The van der Waals surface area contributed by atoms with Gasteiger partial charge < -0.3 is 20.4 Å². The van der Waals surface area contributed by atoms with E-state index >= 15 is 0 Å². The number of likely N-dealkylation sites (tertiary alicyclic amines) is 1. The van der Waals surface area contributed by atoms with Crippen molar-refractivity contribution in [2.45, 2.75) is 32.7 Å². The number of rotatable bonds is 4. The summed E-state index contributed by atoms with van der Waals surface area (Å²) in [6, 6.07) is 4.47. The van der Waals surface area contributed by atoms with Crippen molar-refractivity contribution in [3.8, 4) is 11.5 Å². The summed E-state index contributed by atoms with van der Waals surface area (Å²) in [5, 5.41) is 22.4. The number of nitrogens with one attached hydrogen (secondary N) is 1. The number of carbonyl (C=O) groups excluding carboxylic acids is 1. The monoisotopic (exact) mass is 292 g/mol. The molecule has 1 amide bonds. The molecule has 3 N–H and O–H groups in total. The molecule has 1 atom stereocenters. The van der Waals surface area contributed by atoms with Crippen molar-refractivity contribution in [3.63, 3.8) is 0 Å². The Bertz CT molecular complexity index is 482. The van der Waals surface area contributed by atoms with Gasteiger partial charge in [0.2, 0.25) is 0 Å². The quantitative estimate of drug-likeness (QED) is 0.793. The molecule has 2 rings (SSSR count). The van der Waals surface area contributed by atoms with E-state index in [9.17, 15) is 15.0 Å². The fraction of sp³-hybridized carbons (Fsp3) is 0.562. The Balaban J connectivity index is 2.01.